The van der Waals surface area contributed by atoms with Crippen molar-refractivity contribution in [3.63, 3.8) is 0 Å². The van der Waals surface area contributed by atoms with Crippen molar-refractivity contribution in [2.75, 3.05) is 24.3 Å². The minimum Gasteiger partial charge on any atom is -0.466 e. The highest BCUT2D eigenvalue weighted by atomic mass is 32.2. The molecule has 1 aromatic carbocycles. The molecule has 0 N–H and O–H groups in total. The summed E-state index contributed by atoms with van der Waals surface area (Å²) < 4.78 is 29.0. The van der Waals surface area contributed by atoms with E-state index >= 15 is 0 Å². The highest BCUT2D eigenvalue weighted by molar-refractivity contribution is 7.92. The molecule has 0 fully saturated rings. The topological polar surface area (TPSA) is 97.8 Å². The number of carbonyl (C=O) groups excluding carboxylic acids is 3. The van der Waals surface area contributed by atoms with Crippen molar-refractivity contribution in [3.8, 4) is 0 Å². The van der Waals surface area contributed by atoms with Crippen molar-refractivity contribution < 1.29 is 27.5 Å². The number of nitrogens with zero attached hydrogens (tertiary/aromatic N) is 1. The lowest BCUT2D eigenvalue weighted by atomic mass is 10.1. The zero-order valence-electron chi connectivity index (χ0n) is 12.9. The van der Waals surface area contributed by atoms with Crippen LogP contribution in [0.1, 0.15) is 30.1 Å². The van der Waals surface area contributed by atoms with Crippen molar-refractivity contribution in [1.29, 1.82) is 0 Å². The van der Waals surface area contributed by atoms with Crippen molar-refractivity contribution in [3.05, 3.63) is 23.8 Å². The van der Waals surface area contributed by atoms with Gasteiger partial charge in [0, 0.05) is 19.0 Å². The number of Topliss-reactive ketones (excluding diaryl/α,β-unsaturated/α-hetero) is 1. The van der Waals surface area contributed by atoms with Gasteiger partial charge in [0.25, 0.3) is 0 Å². The van der Waals surface area contributed by atoms with Crippen LogP contribution < -0.4 is 4.90 Å². The molecule has 23 heavy (non-hydrogen) atoms. The third kappa shape index (κ3) is 3.58. The fourth-order valence-electron chi connectivity index (χ4n) is 2.28. The van der Waals surface area contributed by atoms with Crippen LogP contribution in [0.15, 0.2) is 23.1 Å². The Balaban J connectivity index is 2.25. The summed E-state index contributed by atoms with van der Waals surface area (Å²) in [5.41, 5.74) is 0.447. The summed E-state index contributed by atoms with van der Waals surface area (Å²) >= 11 is 0. The molecule has 1 heterocycles. The van der Waals surface area contributed by atoms with Gasteiger partial charge in [-0.15, -0.1) is 0 Å². The van der Waals surface area contributed by atoms with Crippen LogP contribution in [0, 0.1) is 0 Å². The van der Waals surface area contributed by atoms with E-state index in [1.54, 1.807) is 6.92 Å². The van der Waals surface area contributed by atoms with Gasteiger partial charge < -0.3 is 9.64 Å². The Labute approximate surface area is 134 Å². The number of carbonyl (C=O) groups is 3. The smallest absolute Gasteiger partial charge is 0.306 e. The van der Waals surface area contributed by atoms with Crippen LogP contribution in [0.4, 0.5) is 5.69 Å². The summed E-state index contributed by atoms with van der Waals surface area (Å²) in [6, 6.07) is 4.15. The monoisotopic (exact) mass is 339 g/mol. The molecule has 2 rings (SSSR count). The maximum absolute atomic E-state index is 12.1. The predicted molar refractivity (Wildman–Crippen MR) is 82.1 cm³/mol. The Hall–Kier alpha value is -2.22. The average molecular weight is 339 g/mol. The number of ketones is 1. The SMILES string of the molecule is CCOC(=O)CCC(=O)c1ccc2c(c1)S(=O)(=O)CC(=O)N2C. The van der Waals surface area contributed by atoms with Gasteiger partial charge in [0.1, 0.15) is 5.75 Å². The molecule has 0 atom stereocenters. The lowest BCUT2D eigenvalue weighted by molar-refractivity contribution is -0.143. The molecule has 0 radical (unpaired) electrons. The molecule has 0 spiro atoms. The van der Waals surface area contributed by atoms with Crippen LogP contribution in [-0.2, 0) is 24.2 Å². The summed E-state index contributed by atoms with van der Waals surface area (Å²) in [5.74, 6) is -1.96. The third-order valence-electron chi connectivity index (χ3n) is 3.53. The number of sulfone groups is 1. The van der Waals surface area contributed by atoms with Gasteiger partial charge in [-0.3, -0.25) is 14.4 Å². The molecule has 0 aromatic heterocycles. The van der Waals surface area contributed by atoms with Gasteiger partial charge in [0.05, 0.1) is 23.6 Å². The molecule has 0 saturated carbocycles. The number of fused-ring (bicyclic) bond motifs is 1. The summed E-state index contributed by atoms with van der Waals surface area (Å²) in [6.07, 6.45) is -0.124. The van der Waals surface area contributed by atoms with E-state index in [4.69, 9.17) is 4.74 Å². The Morgan fingerprint density at radius 3 is 2.61 bits per heavy atom. The van der Waals surface area contributed by atoms with E-state index in [1.807, 2.05) is 0 Å². The first-order valence-corrected chi connectivity index (χ1v) is 8.73. The van der Waals surface area contributed by atoms with Crippen LogP contribution >= 0.6 is 0 Å². The summed E-state index contributed by atoms with van der Waals surface area (Å²) in [7, 11) is -2.27. The van der Waals surface area contributed by atoms with E-state index in [1.165, 1.54) is 30.1 Å². The van der Waals surface area contributed by atoms with E-state index in [0.717, 1.165) is 0 Å². The Morgan fingerprint density at radius 2 is 1.96 bits per heavy atom. The molecule has 124 valence electrons. The van der Waals surface area contributed by atoms with Gasteiger partial charge in [-0.25, -0.2) is 8.42 Å². The van der Waals surface area contributed by atoms with E-state index in [9.17, 15) is 22.8 Å². The van der Waals surface area contributed by atoms with E-state index in [2.05, 4.69) is 0 Å². The maximum Gasteiger partial charge on any atom is 0.306 e. The zero-order chi connectivity index (χ0) is 17.2. The minimum atomic E-state index is -3.76. The van der Waals surface area contributed by atoms with Crippen molar-refractivity contribution in [2.45, 2.75) is 24.7 Å². The van der Waals surface area contributed by atoms with Gasteiger partial charge in [-0.2, -0.15) is 0 Å². The Bertz CT molecular complexity index is 768. The molecular formula is C15H17NO6S. The first kappa shape index (κ1) is 17.1. The molecule has 0 saturated heterocycles. The molecule has 0 aliphatic carbocycles. The molecule has 8 heteroatoms. The number of esters is 1. The molecule has 1 aromatic rings. The van der Waals surface area contributed by atoms with Gasteiger partial charge in [0.15, 0.2) is 15.6 Å². The molecule has 1 aliphatic heterocycles. The van der Waals surface area contributed by atoms with Crippen molar-refractivity contribution in [2.24, 2.45) is 0 Å². The second-order valence-electron chi connectivity index (χ2n) is 5.12. The first-order valence-electron chi connectivity index (χ1n) is 7.08. The van der Waals surface area contributed by atoms with Gasteiger partial charge in [-0.1, -0.05) is 0 Å². The number of benzene rings is 1. The largest absolute Gasteiger partial charge is 0.466 e. The van der Waals surface area contributed by atoms with E-state index in [0.29, 0.717) is 0 Å². The van der Waals surface area contributed by atoms with Crippen LogP contribution in [-0.4, -0.2) is 45.5 Å². The standard InChI is InChI=1S/C15H17NO6S/c1-3-22-15(19)7-6-12(17)10-4-5-11-13(8-10)23(20,21)9-14(18)16(11)2/h4-5,8H,3,6-7,9H2,1-2H3. The maximum atomic E-state index is 12.1. The number of hydrogen-bond donors (Lipinski definition) is 0. The second-order valence-corrected chi connectivity index (χ2v) is 7.08. The third-order valence-corrected chi connectivity index (χ3v) is 5.15. The average Bonchev–Trinajstić information content (AvgIpc) is 2.50. The van der Waals surface area contributed by atoms with Gasteiger partial charge in [0.2, 0.25) is 5.91 Å². The van der Waals surface area contributed by atoms with Crippen LogP contribution in [0.3, 0.4) is 0 Å². The van der Waals surface area contributed by atoms with Crippen molar-refractivity contribution in [1.82, 2.24) is 0 Å². The fraction of sp³-hybridized carbons (Fsp3) is 0.400. The number of ether oxygens (including phenoxy) is 1. The number of rotatable bonds is 5. The molecule has 1 aliphatic rings. The van der Waals surface area contributed by atoms with Gasteiger partial charge >= 0.3 is 5.97 Å². The fourth-order valence-corrected chi connectivity index (χ4v) is 3.78. The first-order chi connectivity index (χ1) is 10.8. The number of amides is 1. The highest BCUT2D eigenvalue weighted by Gasteiger charge is 2.33. The Kier molecular flexibility index (Phi) is 4.84. The van der Waals surface area contributed by atoms with Crippen LogP contribution in [0.25, 0.3) is 0 Å². The number of hydrogen-bond acceptors (Lipinski definition) is 6. The molecule has 0 bridgehead atoms. The summed E-state index contributed by atoms with van der Waals surface area (Å²) in [5, 5.41) is 0. The number of anilines is 1. The second kappa shape index (κ2) is 6.49. The minimum absolute atomic E-state index is 0.0402. The molecule has 0 unspecified atom stereocenters. The zero-order valence-corrected chi connectivity index (χ0v) is 13.7. The summed E-state index contributed by atoms with van der Waals surface area (Å²) in [4.78, 5) is 36.3. The molecule has 7 nitrogen and oxygen atoms in total. The summed E-state index contributed by atoms with van der Waals surface area (Å²) in [6.45, 7) is 1.91. The lowest BCUT2D eigenvalue weighted by Gasteiger charge is -2.25. The normalized spacial score (nSPS) is 15.9. The van der Waals surface area contributed by atoms with E-state index in [-0.39, 0.29) is 41.4 Å². The molecule has 1 amide bonds. The Morgan fingerprint density at radius 1 is 1.26 bits per heavy atom. The predicted octanol–water partition coefficient (Wildman–Crippen LogP) is 0.963. The van der Waals surface area contributed by atoms with Gasteiger partial charge in [-0.05, 0) is 25.1 Å². The van der Waals surface area contributed by atoms with Crippen molar-refractivity contribution >= 4 is 33.2 Å². The van der Waals surface area contributed by atoms with Crippen LogP contribution in [0.2, 0.25) is 0 Å². The lowest BCUT2D eigenvalue weighted by Crippen LogP contribution is -2.38. The highest BCUT2D eigenvalue weighted by Crippen LogP contribution is 2.31. The quantitative estimate of drug-likeness (QED) is 0.585. The van der Waals surface area contributed by atoms with Crippen LogP contribution in [0.5, 0.6) is 0 Å². The van der Waals surface area contributed by atoms with E-state index < -0.39 is 27.5 Å². The molecular weight excluding hydrogens is 322 g/mol.